The van der Waals surface area contributed by atoms with Gasteiger partial charge in [-0.05, 0) is 43.2 Å². The summed E-state index contributed by atoms with van der Waals surface area (Å²) in [6, 6.07) is 9.42. The second kappa shape index (κ2) is 11.5. The zero-order valence-corrected chi connectivity index (χ0v) is 17.3. The Labute approximate surface area is 175 Å². The second-order valence-corrected chi connectivity index (χ2v) is 6.31. The van der Waals surface area contributed by atoms with Gasteiger partial charge in [0.25, 0.3) is 5.69 Å². The van der Waals surface area contributed by atoms with Crippen LogP contribution in [-0.4, -0.2) is 31.2 Å². The average molecular weight is 414 g/mol. The standard InChI is InChI=1S/C22H26N2O6/c1-4-6-13-30-20-10-7-16(14-21(20)29-5-2)8-12-22(25)23-18-15-17(24(26)27)9-11-19(18)28-3/h7-12,14-15H,4-6,13H2,1-3H3,(H,23,25)/b12-8+. The van der Waals surface area contributed by atoms with Crippen molar-refractivity contribution in [2.75, 3.05) is 25.6 Å². The van der Waals surface area contributed by atoms with E-state index in [-0.39, 0.29) is 11.4 Å². The molecule has 0 saturated heterocycles. The fraction of sp³-hybridized carbons (Fsp3) is 0.318. The number of methoxy groups -OCH3 is 1. The number of carbonyl (C=O) groups excluding carboxylic acids is 1. The Morgan fingerprint density at radius 2 is 1.87 bits per heavy atom. The van der Waals surface area contributed by atoms with Gasteiger partial charge in [0.2, 0.25) is 5.91 Å². The van der Waals surface area contributed by atoms with Crippen molar-refractivity contribution in [3.8, 4) is 17.2 Å². The van der Waals surface area contributed by atoms with E-state index in [1.165, 1.54) is 31.4 Å². The largest absolute Gasteiger partial charge is 0.495 e. The molecule has 2 aromatic carbocycles. The van der Waals surface area contributed by atoms with Crippen molar-refractivity contribution in [1.82, 2.24) is 0 Å². The van der Waals surface area contributed by atoms with Gasteiger partial charge >= 0.3 is 0 Å². The number of nitro groups is 1. The van der Waals surface area contributed by atoms with Crippen molar-refractivity contribution in [2.45, 2.75) is 26.7 Å². The maximum atomic E-state index is 12.3. The number of unbranched alkanes of at least 4 members (excludes halogenated alkanes) is 1. The fourth-order valence-electron chi connectivity index (χ4n) is 2.60. The number of ether oxygens (including phenoxy) is 3. The van der Waals surface area contributed by atoms with Gasteiger partial charge in [-0.2, -0.15) is 0 Å². The zero-order valence-electron chi connectivity index (χ0n) is 17.3. The lowest BCUT2D eigenvalue weighted by atomic mass is 10.2. The van der Waals surface area contributed by atoms with Crippen molar-refractivity contribution in [1.29, 1.82) is 0 Å². The van der Waals surface area contributed by atoms with Crippen LogP contribution < -0.4 is 19.5 Å². The van der Waals surface area contributed by atoms with Crippen LogP contribution in [0.1, 0.15) is 32.3 Å². The summed E-state index contributed by atoms with van der Waals surface area (Å²) in [5, 5.41) is 13.6. The number of amides is 1. The quantitative estimate of drug-likeness (QED) is 0.245. The monoisotopic (exact) mass is 414 g/mol. The first kappa shape index (κ1) is 22.7. The molecule has 0 spiro atoms. The summed E-state index contributed by atoms with van der Waals surface area (Å²) in [4.78, 5) is 22.7. The minimum Gasteiger partial charge on any atom is -0.495 e. The summed E-state index contributed by atoms with van der Waals surface area (Å²) in [5.41, 5.74) is 0.827. The Bertz CT molecular complexity index is 910. The number of carbonyl (C=O) groups is 1. The van der Waals surface area contributed by atoms with Crippen molar-refractivity contribution in [3.05, 3.63) is 58.2 Å². The van der Waals surface area contributed by atoms with Crippen LogP contribution in [0.25, 0.3) is 6.08 Å². The summed E-state index contributed by atoms with van der Waals surface area (Å²) in [6.07, 6.45) is 4.95. The number of rotatable bonds is 11. The summed E-state index contributed by atoms with van der Waals surface area (Å²) >= 11 is 0. The van der Waals surface area contributed by atoms with E-state index in [9.17, 15) is 14.9 Å². The second-order valence-electron chi connectivity index (χ2n) is 6.31. The topological polar surface area (TPSA) is 99.9 Å². The Morgan fingerprint density at radius 3 is 2.53 bits per heavy atom. The molecular weight excluding hydrogens is 388 g/mol. The highest BCUT2D eigenvalue weighted by Crippen LogP contribution is 2.30. The van der Waals surface area contributed by atoms with Gasteiger partial charge in [-0.25, -0.2) is 0 Å². The van der Waals surface area contributed by atoms with Gasteiger partial charge < -0.3 is 19.5 Å². The molecule has 0 radical (unpaired) electrons. The molecule has 0 bridgehead atoms. The van der Waals surface area contributed by atoms with Gasteiger partial charge in [0.05, 0.1) is 30.9 Å². The molecule has 8 heteroatoms. The van der Waals surface area contributed by atoms with Crippen molar-refractivity contribution < 1.29 is 23.9 Å². The Kier molecular flexibility index (Phi) is 8.68. The molecule has 0 atom stereocenters. The number of benzene rings is 2. The number of nitrogens with one attached hydrogen (secondary N) is 1. The van der Waals surface area contributed by atoms with Crippen LogP contribution in [0, 0.1) is 10.1 Å². The molecule has 0 heterocycles. The molecule has 0 aromatic heterocycles. The normalized spacial score (nSPS) is 10.6. The van der Waals surface area contributed by atoms with Crippen LogP contribution in [0.15, 0.2) is 42.5 Å². The van der Waals surface area contributed by atoms with Crippen LogP contribution in [0.5, 0.6) is 17.2 Å². The molecule has 30 heavy (non-hydrogen) atoms. The minimum atomic E-state index is -0.537. The molecule has 0 unspecified atom stereocenters. The fourth-order valence-corrected chi connectivity index (χ4v) is 2.60. The van der Waals surface area contributed by atoms with E-state index in [4.69, 9.17) is 14.2 Å². The van der Waals surface area contributed by atoms with Crippen LogP contribution in [0.4, 0.5) is 11.4 Å². The van der Waals surface area contributed by atoms with Crippen LogP contribution in [0.3, 0.4) is 0 Å². The lowest BCUT2D eigenvalue weighted by molar-refractivity contribution is -0.384. The van der Waals surface area contributed by atoms with E-state index in [2.05, 4.69) is 12.2 Å². The molecule has 2 rings (SSSR count). The number of non-ortho nitro benzene ring substituents is 1. The molecule has 1 amide bonds. The molecule has 0 aliphatic carbocycles. The molecule has 1 N–H and O–H groups in total. The number of anilines is 1. The number of hydrogen-bond acceptors (Lipinski definition) is 6. The van der Waals surface area contributed by atoms with Gasteiger partial charge in [-0.1, -0.05) is 19.4 Å². The van der Waals surface area contributed by atoms with Gasteiger partial charge in [0.1, 0.15) is 5.75 Å². The molecule has 8 nitrogen and oxygen atoms in total. The van der Waals surface area contributed by atoms with Crippen LogP contribution in [-0.2, 0) is 4.79 Å². The highest BCUT2D eigenvalue weighted by molar-refractivity contribution is 6.03. The maximum absolute atomic E-state index is 12.3. The van der Waals surface area contributed by atoms with E-state index < -0.39 is 10.8 Å². The first-order chi connectivity index (χ1) is 14.5. The molecule has 0 aliphatic rings. The van der Waals surface area contributed by atoms with E-state index in [1.54, 1.807) is 12.1 Å². The first-order valence-corrected chi connectivity index (χ1v) is 9.69. The molecule has 0 saturated carbocycles. The SMILES string of the molecule is CCCCOc1ccc(/C=C/C(=O)Nc2cc([N+](=O)[O-])ccc2OC)cc1OCC. The molecular formula is C22H26N2O6. The summed E-state index contributed by atoms with van der Waals surface area (Å²) < 4.78 is 16.5. The predicted octanol–water partition coefficient (Wildman–Crippen LogP) is 4.83. The zero-order chi connectivity index (χ0) is 21.9. The third-order valence-corrected chi connectivity index (χ3v) is 4.10. The summed E-state index contributed by atoms with van der Waals surface area (Å²) in [7, 11) is 1.42. The third kappa shape index (κ3) is 6.51. The summed E-state index contributed by atoms with van der Waals surface area (Å²) in [6.45, 7) is 5.08. The number of nitrogens with zero attached hydrogens (tertiary/aromatic N) is 1. The lowest BCUT2D eigenvalue weighted by Gasteiger charge is -2.12. The van der Waals surface area contributed by atoms with Crippen molar-refractivity contribution in [2.24, 2.45) is 0 Å². The van der Waals surface area contributed by atoms with E-state index in [0.717, 1.165) is 18.4 Å². The average Bonchev–Trinajstić information content (AvgIpc) is 2.73. The number of nitro benzene ring substituents is 1. The smallest absolute Gasteiger partial charge is 0.271 e. The van der Waals surface area contributed by atoms with Crippen molar-refractivity contribution in [3.63, 3.8) is 0 Å². The van der Waals surface area contributed by atoms with Gasteiger partial charge in [0, 0.05) is 18.2 Å². The van der Waals surface area contributed by atoms with Crippen LogP contribution in [0.2, 0.25) is 0 Å². The molecule has 0 fully saturated rings. The highest BCUT2D eigenvalue weighted by Gasteiger charge is 2.13. The molecule has 160 valence electrons. The van der Waals surface area contributed by atoms with E-state index in [1.807, 2.05) is 19.1 Å². The van der Waals surface area contributed by atoms with E-state index in [0.29, 0.717) is 30.5 Å². The molecule has 2 aromatic rings. The molecule has 0 aliphatic heterocycles. The minimum absolute atomic E-state index is 0.143. The third-order valence-electron chi connectivity index (χ3n) is 4.10. The maximum Gasteiger partial charge on any atom is 0.271 e. The summed E-state index contributed by atoms with van der Waals surface area (Å²) in [5.74, 6) is 1.15. The van der Waals surface area contributed by atoms with Gasteiger partial charge in [-0.15, -0.1) is 0 Å². The Hall–Kier alpha value is -3.55. The Morgan fingerprint density at radius 1 is 1.10 bits per heavy atom. The van der Waals surface area contributed by atoms with E-state index >= 15 is 0 Å². The highest BCUT2D eigenvalue weighted by atomic mass is 16.6. The van der Waals surface area contributed by atoms with Crippen molar-refractivity contribution >= 4 is 23.4 Å². The van der Waals surface area contributed by atoms with Crippen LogP contribution >= 0.6 is 0 Å². The predicted molar refractivity (Wildman–Crippen MR) is 115 cm³/mol. The van der Waals surface area contributed by atoms with Gasteiger partial charge in [0.15, 0.2) is 11.5 Å². The number of hydrogen-bond donors (Lipinski definition) is 1. The Balaban J connectivity index is 2.13. The van der Waals surface area contributed by atoms with Gasteiger partial charge in [-0.3, -0.25) is 14.9 Å². The first-order valence-electron chi connectivity index (χ1n) is 9.69. The lowest BCUT2D eigenvalue weighted by Crippen LogP contribution is -2.09.